The van der Waals surface area contributed by atoms with Gasteiger partial charge >= 0.3 is 12.1 Å². The molecular weight excluding hydrogens is 622 g/mol. The number of amides is 1. The average Bonchev–Trinajstić information content (AvgIpc) is 3.10. The van der Waals surface area contributed by atoms with E-state index >= 15 is 0 Å². The maximum Gasteiger partial charge on any atom is 0.412 e. The lowest BCUT2D eigenvalue weighted by Crippen LogP contribution is -2.44. The fourth-order valence-corrected chi connectivity index (χ4v) is 4.69. The number of alkyl carbamates (subject to hydrolysis) is 1. The smallest absolute Gasteiger partial charge is 0.412 e. The molecule has 0 aliphatic carbocycles. The Balaban J connectivity index is 1.64. The van der Waals surface area contributed by atoms with Gasteiger partial charge in [0.05, 0.1) is 26.4 Å². The third-order valence-corrected chi connectivity index (χ3v) is 7.07. The maximum absolute atomic E-state index is 13.5. The molecule has 4 aromatic carbocycles. The molecule has 0 heterocycles. The molecule has 0 aliphatic heterocycles. The molecule has 4 rings (SSSR count). The van der Waals surface area contributed by atoms with Gasteiger partial charge in [-0.2, -0.15) is 0 Å². The molecule has 0 bridgehead atoms. The molecule has 3 atom stereocenters. The summed E-state index contributed by atoms with van der Waals surface area (Å²) in [5.74, 6) is -0.811. The van der Waals surface area contributed by atoms with Gasteiger partial charge in [-0.25, -0.2) is 9.59 Å². The zero-order chi connectivity index (χ0) is 34.9. The number of hydrogen-bond donors (Lipinski definition) is 2. The summed E-state index contributed by atoms with van der Waals surface area (Å²) in [6, 6.07) is 37.7. The first-order chi connectivity index (χ1) is 23.7. The number of benzene rings is 4. The molecule has 0 aliphatic rings. The van der Waals surface area contributed by atoms with Crippen LogP contribution in [0.15, 0.2) is 133 Å². The number of carbonyl (C=O) groups is 2. The van der Waals surface area contributed by atoms with E-state index in [4.69, 9.17) is 23.7 Å². The molecular formula is C40H45NO8. The molecule has 0 fully saturated rings. The highest BCUT2D eigenvalue weighted by Gasteiger charge is 2.32. The monoisotopic (exact) mass is 667 g/mol. The van der Waals surface area contributed by atoms with Crippen molar-refractivity contribution in [3.05, 3.63) is 155 Å². The molecule has 9 nitrogen and oxygen atoms in total. The molecule has 9 heteroatoms. The summed E-state index contributed by atoms with van der Waals surface area (Å²) >= 11 is 0. The van der Waals surface area contributed by atoms with Crippen molar-refractivity contribution in [1.29, 1.82) is 0 Å². The molecule has 4 aromatic rings. The van der Waals surface area contributed by atoms with Crippen molar-refractivity contribution in [3.8, 4) is 0 Å². The predicted molar refractivity (Wildman–Crippen MR) is 186 cm³/mol. The second kappa shape index (κ2) is 19.3. The van der Waals surface area contributed by atoms with Gasteiger partial charge in [-0.3, -0.25) is 5.32 Å². The van der Waals surface area contributed by atoms with Crippen molar-refractivity contribution in [1.82, 2.24) is 5.32 Å². The number of nitrogens with one attached hydrogen (secondary N) is 1. The Kier molecular flexibility index (Phi) is 14.6. The van der Waals surface area contributed by atoms with Crippen LogP contribution in [0.4, 0.5) is 4.79 Å². The number of carbonyl (C=O) groups excluding carboxylic acids is 2. The van der Waals surface area contributed by atoms with Crippen LogP contribution < -0.4 is 5.32 Å². The van der Waals surface area contributed by atoms with Crippen molar-refractivity contribution in [2.75, 3.05) is 6.61 Å². The lowest BCUT2D eigenvalue weighted by Gasteiger charge is -2.30. The number of ether oxygens (including phenoxy) is 5. The van der Waals surface area contributed by atoms with Gasteiger partial charge in [0.2, 0.25) is 0 Å². The summed E-state index contributed by atoms with van der Waals surface area (Å²) in [5.41, 5.74) is 2.34. The lowest BCUT2D eigenvalue weighted by molar-refractivity contribution is -0.151. The zero-order valence-electron chi connectivity index (χ0n) is 28.2. The standard InChI is InChI=1S/C40H45NO8/c1-40(2,3)49-38(43)34(41-39(44)48-28-33-22-14-7-15-23-33)24-36(46-26-31-18-10-5-11-19-31)37(47-27-32-20-12-6-13-21-32)35(42)29-45-25-30-16-8-4-9-17-30/h4-24,35-37,42H,25-29H2,1-3H3,(H,41,44)/b34-24+/t35-,36-,37-/m1/s1. The fourth-order valence-electron chi connectivity index (χ4n) is 4.69. The minimum absolute atomic E-state index is 0.0114. The Bertz CT molecular complexity index is 1570. The van der Waals surface area contributed by atoms with Gasteiger partial charge in [-0.1, -0.05) is 121 Å². The van der Waals surface area contributed by atoms with Gasteiger partial charge < -0.3 is 28.8 Å². The molecule has 0 spiro atoms. The van der Waals surface area contributed by atoms with Crippen LogP contribution in [0.5, 0.6) is 0 Å². The van der Waals surface area contributed by atoms with Gasteiger partial charge in [0, 0.05) is 0 Å². The number of rotatable bonds is 17. The van der Waals surface area contributed by atoms with Crippen LogP contribution in [0.2, 0.25) is 0 Å². The van der Waals surface area contributed by atoms with Crippen LogP contribution in [0.1, 0.15) is 43.0 Å². The Labute approximate surface area is 288 Å². The number of esters is 1. The van der Waals surface area contributed by atoms with E-state index in [0.29, 0.717) is 0 Å². The summed E-state index contributed by atoms with van der Waals surface area (Å²) in [4.78, 5) is 26.6. The Morgan fingerprint density at radius 2 is 1.12 bits per heavy atom. The maximum atomic E-state index is 13.5. The van der Waals surface area contributed by atoms with Gasteiger partial charge in [-0.15, -0.1) is 0 Å². The highest BCUT2D eigenvalue weighted by atomic mass is 16.6. The van der Waals surface area contributed by atoms with Gasteiger partial charge in [0.15, 0.2) is 0 Å². The Morgan fingerprint density at radius 1 is 0.673 bits per heavy atom. The SMILES string of the molecule is CC(C)(C)OC(=O)/C(=C\[C@@H](OCc1ccccc1)[C@H](OCc1ccccc1)[C@H](O)COCc1ccccc1)NC(=O)OCc1ccccc1. The Morgan fingerprint density at radius 3 is 1.61 bits per heavy atom. The summed E-state index contributed by atoms with van der Waals surface area (Å²) in [6.07, 6.45) is -2.77. The third kappa shape index (κ3) is 13.7. The molecule has 49 heavy (non-hydrogen) atoms. The van der Waals surface area contributed by atoms with Gasteiger partial charge in [-0.05, 0) is 49.1 Å². The third-order valence-electron chi connectivity index (χ3n) is 7.07. The number of aliphatic hydroxyl groups excluding tert-OH is 1. The highest BCUT2D eigenvalue weighted by molar-refractivity contribution is 5.92. The summed E-state index contributed by atoms with van der Waals surface area (Å²) in [5, 5.41) is 14.1. The van der Waals surface area contributed by atoms with E-state index in [1.165, 1.54) is 6.08 Å². The van der Waals surface area contributed by atoms with Gasteiger partial charge in [0.1, 0.15) is 36.2 Å². The van der Waals surface area contributed by atoms with Crippen LogP contribution in [0.25, 0.3) is 0 Å². The molecule has 2 N–H and O–H groups in total. The van der Waals surface area contributed by atoms with Gasteiger partial charge in [0.25, 0.3) is 0 Å². The first-order valence-corrected chi connectivity index (χ1v) is 16.2. The topological polar surface area (TPSA) is 113 Å². The van der Waals surface area contributed by atoms with E-state index in [0.717, 1.165) is 22.3 Å². The lowest BCUT2D eigenvalue weighted by atomic mass is 10.1. The van der Waals surface area contributed by atoms with Crippen LogP contribution in [-0.4, -0.2) is 47.7 Å². The summed E-state index contributed by atoms with van der Waals surface area (Å²) < 4.78 is 29.7. The van der Waals surface area contributed by atoms with E-state index in [9.17, 15) is 14.7 Å². The summed E-state index contributed by atoms with van der Waals surface area (Å²) in [7, 11) is 0. The largest absolute Gasteiger partial charge is 0.455 e. The molecule has 258 valence electrons. The second-order valence-electron chi connectivity index (χ2n) is 12.4. The number of hydrogen-bond acceptors (Lipinski definition) is 8. The molecule has 0 saturated heterocycles. The zero-order valence-corrected chi connectivity index (χ0v) is 28.2. The minimum atomic E-state index is -1.20. The fraction of sp³-hybridized carbons (Fsp3) is 0.300. The van der Waals surface area contributed by atoms with E-state index in [-0.39, 0.29) is 38.7 Å². The van der Waals surface area contributed by atoms with Crippen LogP contribution in [0, 0.1) is 0 Å². The van der Waals surface area contributed by atoms with E-state index in [2.05, 4.69) is 5.32 Å². The molecule has 0 radical (unpaired) electrons. The van der Waals surface area contributed by atoms with Crippen molar-refractivity contribution in [3.63, 3.8) is 0 Å². The normalized spacial score (nSPS) is 13.6. The van der Waals surface area contributed by atoms with E-state index < -0.39 is 36.0 Å². The molecule has 0 aromatic heterocycles. The highest BCUT2D eigenvalue weighted by Crippen LogP contribution is 2.20. The van der Waals surface area contributed by atoms with Crippen molar-refractivity contribution >= 4 is 12.1 Å². The minimum Gasteiger partial charge on any atom is -0.455 e. The quantitative estimate of drug-likeness (QED) is 0.0926. The predicted octanol–water partition coefficient (Wildman–Crippen LogP) is 6.89. The summed E-state index contributed by atoms with van der Waals surface area (Å²) in [6.45, 7) is 5.58. The molecule has 0 unspecified atom stereocenters. The van der Waals surface area contributed by atoms with Crippen LogP contribution >= 0.6 is 0 Å². The average molecular weight is 668 g/mol. The molecule has 0 saturated carbocycles. The van der Waals surface area contributed by atoms with Crippen molar-refractivity contribution in [2.45, 2.75) is 71.1 Å². The van der Waals surface area contributed by atoms with E-state index in [1.807, 2.05) is 121 Å². The van der Waals surface area contributed by atoms with E-state index in [1.54, 1.807) is 20.8 Å². The Hall–Kier alpha value is -4.80. The first kappa shape index (κ1) is 37.0. The first-order valence-electron chi connectivity index (χ1n) is 16.2. The number of aliphatic hydroxyl groups is 1. The van der Waals surface area contributed by atoms with Crippen LogP contribution in [0.3, 0.4) is 0 Å². The van der Waals surface area contributed by atoms with Crippen molar-refractivity contribution < 1.29 is 38.4 Å². The van der Waals surface area contributed by atoms with Crippen molar-refractivity contribution in [2.24, 2.45) is 0 Å². The van der Waals surface area contributed by atoms with Crippen LogP contribution in [-0.2, 0) is 54.9 Å². The molecule has 1 amide bonds. The second-order valence-corrected chi connectivity index (χ2v) is 12.4.